The van der Waals surface area contributed by atoms with Crippen molar-refractivity contribution in [2.24, 2.45) is 0 Å². The lowest BCUT2D eigenvalue weighted by atomic mass is 10.1. The first-order chi connectivity index (χ1) is 16.3. The van der Waals surface area contributed by atoms with Crippen LogP contribution < -0.4 is 5.69 Å². The minimum atomic E-state index is -4.69. The van der Waals surface area contributed by atoms with Gasteiger partial charge in [0, 0.05) is 6.26 Å². The Labute approximate surface area is 198 Å². The van der Waals surface area contributed by atoms with Crippen molar-refractivity contribution in [2.75, 3.05) is 32.3 Å². The standard InChI is InChI=1S/C21H24F3N3O7S/c1-4-34-26-10-14(32-2)6-8-17(26)18(11-35(3,30)31)27-16-7-5-13(9-15(16)25-20(27)29)19(28)33-12-21(22,23)24/h5-10,17-18H,4,11-12H2,1-3H3,(H,25,29)/t17?,18-/m1/s1. The topological polar surface area (TPSA) is 120 Å². The number of alkyl halides is 3. The van der Waals surface area contributed by atoms with E-state index < -0.39 is 52.1 Å². The molecular weight excluding hydrogens is 495 g/mol. The molecule has 2 atom stereocenters. The molecule has 0 saturated carbocycles. The van der Waals surface area contributed by atoms with Crippen LogP contribution in [0.1, 0.15) is 23.3 Å². The molecule has 14 heteroatoms. The van der Waals surface area contributed by atoms with Gasteiger partial charge in [0.1, 0.15) is 15.6 Å². The fraction of sp³-hybridized carbons (Fsp3) is 0.429. The monoisotopic (exact) mass is 519 g/mol. The molecule has 1 aliphatic heterocycles. The molecule has 2 aromatic rings. The summed E-state index contributed by atoms with van der Waals surface area (Å²) in [6.07, 6.45) is 1.12. The predicted octanol–water partition coefficient (Wildman–Crippen LogP) is 2.31. The van der Waals surface area contributed by atoms with Gasteiger partial charge in [0.25, 0.3) is 0 Å². The van der Waals surface area contributed by atoms with Gasteiger partial charge in [-0.25, -0.2) is 23.1 Å². The maximum absolute atomic E-state index is 13.0. The molecule has 1 unspecified atom stereocenters. The number of aromatic amines is 1. The van der Waals surface area contributed by atoms with Gasteiger partial charge in [-0.1, -0.05) is 6.08 Å². The van der Waals surface area contributed by atoms with Gasteiger partial charge in [0.2, 0.25) is 0 Å². The van der Waals surface area contributed by atoms with Crippen LogP contribution in [0, 0.1) is 0 Å². The van der Waals surface area contributed by atoms with Crippen molar-refractivity contribution in [2.45, 2.75) is 25.2 Å². The molecule has 1 aliphatic rings. The third-order valence-electron chi connectivity index (χ3n) is 5.04. The van der Waals surface area contributed by atoms with E-state index in [-0.39, 0.29) is 23.2 Å². The van der Waals surface area contributed by atoms with Crippen molar-refractivity contribution in [3.63, 3.8) is 0 Å². The molecule has 0 fully saturated rings. The van der Waals surface area contributed by atoms with E-state index in [0.717, 1.165) is 6.26 Å². The van der Waals surface area contributed by atoms with E-state index in [2.05, 4.69) is 9.72 Å². The van der Waals surface area contributed by atoms with Crippen molar-refractivity contribution in [3.8, 4) is 0 Å². The van der Waals surface area contributed by atoms with Gasteiger partial charge >= 0.3 is 17.8 Å². The van der Waals surface area contributed by atoms with Gasteiger partial charge in [-0.05, 0) is 31.2 Å². The number of carbonyl (C=O) groups excluding carboxylic acids is 1. The van der Waals surface area contributed by atoms with Crippen molar-refractivity contribution in [1.29, 1.82) is 0 Å². The summed E-state index contributed by atoms with van der Waals surface area (Å²) < 4.78 is 72.4. The number of hydrogen-bond acceptors (Lipinski definition) is 8. The second-order valence-corrected chi connectivity index (χ2v) is 9.93. The second kappa shape index (κ2) is 10.2. The van der Waals surface area contributed by atoms with Crippen LogP contribution in [0.4, 0.5) is 13.2 Å². The molecule has 192 valence electrons. The second-order valence-electron chi connectivity index (χ2n) is 7.75. The molecule has 0 bridgehead atoms. The van der Waals surface area contributed by atoms with Gasteiger partial charge in [0.15, 0.2) is 6.61 Å². The quantitative estimate of drug-likeness (QED) is 0.502. The molecule has 0 spiro atoms. The van der Waals surface area contributed by atoms with Crippen LogP contribution in [-0.4, -0.2) is 73.6 Å². The predicted molar refractivity (Wildman–Crippen MR) is 119 cm³/mol. The number of nitrogens with zero attached hydrogens (tertiary/aromatic N) is 2. The molecule has 3 rings (SSSR count). The number of esters is 1. The number of fused-ring (bicyclic) bond motifs is 1. The summed E-state index contributed by atoms with van der Waals surface area (Å²) in [7, 11) is -2.15. The number of allylic oxidation sites excluding steroid dienone is 1. The molecule has 0 radical (unpaired) electrons. The zero-order valence-corrected chi connectivity index (χ0v) is 19.9. The van der Waals surface area contributed by atoms with Crippen molar-refractivity contribution in [1.82, 2.24) is 14.6 Å². The number of benzene rings is 1. The van der Waals surface area contributed by atoms with Crippen LogP contribution >= 0.6 is 0 Å². The Hall–Kier alpha value is -3.26. The fourth-order valence-corrected chi connectivity index (χ4v) is 4.64. The molecular formula is C21H24F3N3O7S. The summed E-state index contributed by atoms with van der Waals surface area (Å²) in [6, 6.07) is 1.98. The molecule has 0 aliphatic carbocycles. The Morgan fingerprint density at radius 2 is 2.00 bits per heavy atom. The lowest BCUT2D eigenvalue weighted by molar-refractivity contribution is -0.161. The number of ether oxygens (including phenoxy) is 2. The van der Waals surface area contributed by atoms with Gasteiger partial charge in [-0.15, -0.1) is 0 Å². The molecule has 35 heavy (non-hydrogen) atoms. The van der Waals surface area contributed by atoms with E-state index in [4.69, 9.17) is 9.57 Å². The molecule has 10 nitrogen and oxygen atoms in total. The SMILES string of the molecule is CCON1C=C(OC)C=CC1[C@@H](CS(C)(=O)=O)n1c(=O)[nH]c2cc(C(=O)OCC(F)(F)F)ccc21. The van der Waals surface area contributed by atoms with E-state index in [0.29, 0.717) is 5.76 Å². The number of carbonyl (C=O) groups is 1. The van der Waals surface area contributed by atoms with Crippen LogP contribution in [0.2, 0.25) is 0 Å². The number of aromatic nitrogens is 2. The average Bonchev–Trinajstić information content (AvgIpc) is 3.09. The number of H-pyrrole nitrogens is 1. The van der Waals surface area contributed by atoms with Crippen molar-refractivity contribution in [3.05, 3.63) is 58.4 Å². The zero-order valence-electron chi connectivity index (χ0n) is 19.0. The summed E-state index contributed by atoms with van der Waals surface area (Å²) in [5.41, 5.74) is -0.537. The molecule has 1 N–H and O–H groups in total. The van der Waals surface area contributed by atoms with Crippen molar-refractivity contribution >= 4 is 26.8 Å². The Balaban J connectivity index is 2.05. The van der Waals surface area contributed by atoms with Crippen LogP contribution in [0.25, 0.3) is 11.0 Å². The van der Waals surface area contributed by atoms with Crippen LogP contribution in [-0.2, 0) is 24.1 Å². The first-order valence-electron chi connectivity index (χ1n) is 10.3. The minimum Gasteiger partial charge on any atom is -0.495 e. The van der Waals surface area contributed by atoms with E-state index >= 15 is 0 Å². The highest BCUT2D eigenvalue weighted by molar-refractivity contribution is 7.90. The summed E-state index contributed by atoms with van der Waals surface area (Å²) in [5.74, 6) is -1.22. The minimum absolute atomic E-state index is 0.117. The Morgan fingerprint density at radius 3 is 2.60 bits per heavy atom. The number of rotatable bonds is 9. The zero-order chi connectivity index (χ0) is 26.0. The average molecular weight is 519 g/mol. The summed E-state index contributed by atoms with van der Waals surface area (Å²) in [4.78, 5) is 33.1. The van der Waals surface area contributed by atoms with Gasteiger partial charge < -0.3 is 14.5 Å². The number of imidazole rings is 1. The normalized spacial score (nSPS) is 17.4. The lowest BCUT2D eigenvalue weighted by Gasteiger charge is -2.35. The highest BCUT2D eigenvalue weighted by atomic mass is 32.2. The maximum Gasteiger partial charge on any atom is 0.422 e. The molecule has 1 aromatic heterocycles. The van der Waals surface area contributed by atoms with Gasteiger partial charge in [-0.2, -0.15) is 13.2 Å². The third kappa shape index (κ3) is 6.45. The summed E-state index contributed by atoms with van der Waals surface area (Å²) >= 11 is 0. The molecule has 0 amide bonds. The third-order valence-corrected chi connectivity index (χ3v) is 5.99. The number of hydroxylamine groups is 2. The number of halogens is 3. The first-order valence-corrected chi connectivity index (χ1v) is 12.4. The lowest BCUT2D eigenvalue weighted by Crippen LogP contribution is -2.44. The highest BCUT2D eigenvalue weighted by Crippen LogP contribution is 2.28. The van der Waals surface area contributed by atoms with E-state index in [1.165, 1.54) is 41.1 Å². The smallest absolute Gasteiger partial charge is 0.422 e. The summed E-state index contributed by atoms with van der Waals surface area (Å²) in [6.45, 7) is 0.226. The van der Waals surface area contributed by atoms with Gasteiger partial charge in [-0.3, -0.25) is 9.40 Å². The van der Waals surface area contributed by atoms with Crippen LogP contribution in [0.3, 0.4) is 0 Å². The van der Waals surface area contributed by atoms with E-state index in [1.54, 1.807) is 19.1 Å². The largest absolute Gasteiger partial charge is 0.495 e. The number of hydrogen-bond donors (Lipinski definition) is 1. The maximum atomic E-state index is 13.0. The Morgan fingerprint density at radius 1 is 1.29 bits per heavy atom. The van der Waals surface area contributed by atoms with Crippen molar-refractivity contribution < 1.29 is 40.7 Å². The van der Waals surface area contributed by atoms with E-state index in [9.17, 15) is 31.2 Å². The van der Waals surface area contributed by atoms with E-state index in [1.807, 2.05) is 0 Å². The Bertz CT molecular complexity index is 1310. The first kappa shape index (κ1) is 26.3. The highest BCUT2D eigenvalue weighted by Gasteiger charge is 2.34. The Kier molecular flexibility index (Phi) is 7.65. The number of sulfone groups is 1. The van der Waals surface area contributed by atoms with Crippen LogP contribution in [0.15, 0.2) is 47.1 Å². The molecule has 2 heterocycles. The number of nitrogens with one attached hydrogen (secondary N) is 1. The van der Waals surface area contributed by atoms with Gasteiger partial charge in [0.05, 0.1) is 54.4 Å². The summed E-state index contributed by atoms with van der Waals surface area (Å²) in [5, 5.41) is 1.39. The molecule has 0 saturated heterocycles. The molecule has 1 aromatic carbocycles. The number of methoxy groups -OCH3 is 1. The fourth-order valence-electron chi connectivity index (χ4n) is 3.68. The van der Waals surface area contributed by atoms with Crippen LogP contribution in [0.5, 0.6) is 0 Å².